The van der Waals surface area contributed by atoms with Gasteiger partial charge in [-0.15, -0.1) is 0 Å². The highest BCUT2D eigenvalue weighted by atomic mass is 35.5. The number of alkyl carbamates (subject to hydrolysis) is 1. The van der Waals surface area contributed by atoms with Crippen LogP contribution in [0.25, 0.3) is 10.9 Å². The van der Waals surface area contributed by atoms with Crippen molar-refractivity contribution in [2.45, 2.75) is 71.1 Å². The van der Waals surface area contributed by atoms with E-state index in [4.69, 9.17) is 16.3 Å². The molecular formula is C23H30ClN3O5. The van der Waals surface area contributed by atoms with Crippen LogP contribution in [0, 0.1) is 5.41 Å². The van der Waals surface area contributed by atoms with E-state index >= 15 is 0 Å². The second-order valence-corrected chi connectivity index (χ2v) is 9.87. The van der Waals surface area contributed by atoms with Gasteiger partial charge < -0.3 is 25.5 Å². The van der Waals surface area contributed by atoms with Crippen molar-refractivity contribution in [3.8, 4) is 0 Å². The number of aromatic amines is 1. The van der Waals surface area contributed by atoms with Crippen molar-refractivity contribution in [2.24, 2.45) is 5.41 Å². The number of hydrogen-bond acceptors (Lipinski definition) is 4. The Morgan fingerprint density at radius 2 is 1.94 bits per heavy atom. The number of amides is 2. The van der Waals surface area contributed by atoms with E-state index in [1.54, 1.807) is 45.0 Å². The molecule has 0 radical (unpaired) electrons. The van der Waals surface area contributed by atoms with Gasteiger partial charge in [-0.2, -0.15) is 0 Å². The Morgan fingerprint density at radius 1 is 1.22 bits per heavy atom. The summed E-state index contributed by atoms with van der Waals surface area (Å²) in [4.78, 5) is 40.5. The number of carboxylic acids is 1. The number of carboxylic acid groups (broad SMARTS) is 1. The number of rotatable bonds is 5. The minimum Gasteiger partial charge on any atom is -0.481 e. The third-order valence-corrected chi connectivity index (χ3v) is 6.24. The Balaban J connectivity index is 1.80. The van der Waals surface area contributed by atoms with E-state index in [1.165, 1.54) is 0 Å². The van der Waals surface area contributed by atoms with Gasteiger partial charge in [0.25, 0.3) is 5.91 Å². The zero-order valence-electron chi connectivity index (χ0n) is 18.8. The van der Waals surface area contributed by atoms with Crippen LogP contribution in [0.3, 0.4) is 0 Å². The first-order valence-corrected chi connectivity index (χ1v) is 11.1. The molecule has 0 unspecified atom stereocenters. The van der Waals surface area contributed by atoms with Crippen molar-refractivity contribution >= 4 is 40.5 Å². The molecule has 2 amide bonds. The fourth-order valence-corrected chi connectivity index (χ4v) is 4.40. The van der Waals surface area contributed by atoms with Crippen molar-refractivity contribution in [1.82, 2.24) is 15.6 Å². The van der Waals surface area contributed by atoms with Crippen LogP contribution in [0.2, 0.25) is 5.02 Å². The maximum atomic E-state index is 13.0. The Labute approximate surface area is 192 Å². The van der Waals surface area contributed by atoms with E-state index in [2.05, 4.69) is 15.6 Å². The van der Waals surface area contributed by atoms with E-state index in [-0.39, 0.29) is 12.3 Å². The minimum absolute atomic E-state index is 0.200. The number of hydrogen-bond donors (Lipinski definition) is 4. The first-order chi connectivity index (χ1) is 14.9. The standard InChI is InChI=1S/C23H30ClN3O5/c1-5-23(20(29)30)9-8-16(18(12-23)27-21(31)32-22(2,3)4)26-19(28)17-11-13-10-14(24)6-7-15(13)25-17/h6-7,10-11,16,18,25H,5,8-9,12H2,1-4H3,(H,26,28)(H,27,31)(H,29,30)/t16-,18-,23+/m0/s1. The average molecular weight is 464 g/mol. The summed E-state index contributed by atoms with van der Waals surface area (Å²) in [5, 5.41) is 17.0. The summed E-state index contributed by atoms with van der Waals surface area (Å²) in [5.74, 6) is -1.23. The third kappa shape index (κ3) is 5.35. The smallest absolute Gasteiger partial charge is 0.407 e. The van der Waals surface area contributed by atoms with Gasteiger partial charge in [-0.1, -0.05) is 18.5 Å². The lowest BCUT2D eigenvalue weighted by Crippen LogP contribution is -2.58. The molecule has 0 saturated heterocycles. The normalized spacial score (nSPS) is 23.5. The second kappa shape index (κ2) is 9.02. The van der Waals surface area contributed by atoms with Crippen molar-refractivity contribution < 1.29 is 24.2 Å². The number of benzene rings is 1. The van der Waals surface area contributed by atoms with Gasteiger partial charge in [0.15, 0.2) is 0 Å². The molecule has 1 aromatic heterocycles. The topological polar surface area (TPSA) is 121 Å². The number of aromatic nitrogens is 1. The minimum atomic E-state index is -0.960. The van der Waals surface area contributed by atoms with Gasteiger partial charge in [0, 0.05) is 22.0 Å². The Hall–Kier alpha value is -2.74. The van der Waals surface area contributed by atoms with Gasteiger partial charge in [-0.3, -0.25) is 9.59 Å². The first kappa shape index (κ1) is 23.9. The van der Waals surface area contributed by atoms with Gasteiger partial charge in [0.05, 0.1) is 11.5 Å². The average Bonchev–Trinajstić information content (AvgIpc) is 3.11. The van der Waals surface area contributed by atoms with Crippen LogP contribution in [0.5, 0.6) is 0 Å². The van der Waals surface area contributed by atoms with Crippen LogP contribution >= 0.6 is 11.6 Å². The van der Waals surface area contributed by atoms with Crippen LogP contribution in [0.4, 0.5) is 4.79 Å². The maximum Gasteiger partial charge on any atom is 0.407 e. The monoisotopic (exact) mass is 463 g/mol. The number of carbonyl (C=O) groups is 3. The van der Waals surface area contributed by atoms with E-state index in [0.29, 0.717) is 30.0 Å². The molecular weight excluding hydrogens is 434 g/mol. The summed E-state index contributed by atoms with van der Waals surface area (Å²) < 4.78 is 5.36. The quantitative estimate of drug-likeness (QED) is 0.521. The molecule has 1 fully saturated rings. The number of H-pyrrole nitrogens is 1. The summed E-state index contributed by atoms with van der Waals surface area (Å²) in [6.45, 7) is 7.08. The van der Waals surface area contributed by atoms with Crippen LogP contribution in [-0.4, -0.2) is 45.7 Å². The first-order valence-electron chi connectivity index (χ1n) is 10.7. The highest BCUT2D eigenvalue weighted by molar-refractivity contribution is 6.31. The van der Waals surface area contributed by atoms with Gasteiger partial charge in [-0.25, -0.2) is 4.79 Å². The van der Waals surface area contributed by atoms with E-state index in [0.717, 1.165) is 10.9 Å². The molecule has 3 atom stereocenters. The molecule has 1 saturated carbocycles. The predicted octanol–water partition coefficient (Wildman–Crippen LogP) is 4.48. The number of fused-ring (bicyclic) bond motifs is 1. The highest BCUT2D eigenvalue weighted by Gasteiger charge is 2.46. The lowest BCUT2D eigenvalue weighted by atomic mass is 9.68. The summed E-state index contributed by atoms with van der Waals surface area (Å²) >= 11 is 6.03. The lowest BCUT2D eigenvalue weighted by molar-refractivity contribution is -0.152. The molecule has 0 spiro atoms. The van der Waals surface area contributed by atoms with E-state index in [1.807, 2.05) is 6.92 Å². The highest BCUT2D eigenvalue weighted by Crippen LogP contribution is 2.40. The van der Waals surface area contributed by atoms with Gasteiger partial charge >= 0.3 is 12.1 Å². The fraction of sp³-hybridized carbons (Fsp3) is 0.522. The molecule has 1 heterocycles. The molecule has 9 heteroatoms. The molecule has 1 aliphatic rings. The number of carbonyl (C=O) groups excluding carboxylic acids is 2. The summed E-state index contributed by atoms with van der Waals surface area (Å²) in [6, 6.07) is 5.98. The van der Waals surface area contributed by atoms with Crippen LogP contribution in [0.1, 0.15) is 63.9 Å². The molecule has 1 aliphatic carbocycles. The van der Waals surface area contributed by atoms with Crippen molar-refractivity contribution in [3.63, 3.8) is 0 Å². The predicted molar refractivity (Wildman–Crippen MR) is 122 cm³/mol. The van der Waals surface area contributed by atoms with Crippen molar-refractivity contribution in [3.05, 3.63) is 35.0 Å². The zero-order chi connectivity index (χ0) is 23.7. The Morgan fingerprint density at radius 3 is 2.56 bits per heavy atom. The van der Waals surface area contributed by atoms with Crippen LogP contribution in [0.15, 0.2) is 24.3 Å². The third-order valence-electron chi connectivity index (χ3n) is 6.01. The Kier molecular flexibility index (Phi) is 6.74. The number of halogens is 1. The van der Waals surface area contributed by atoms with Crippen molar-refractivity contribution in [2.75, 3.05) is 0 Å². The number of ether oxygens (including phenoxy) is 1. The summed E-state index contributed by atoms with van der Waals surface area (Å²) in [7, 11) is 0. The number of nitrogens with one attached hydrogen (secondary N) is 3. The maximum absolute atomic E-state index is 13.0. The SMILES string of the molecule is CC[C@@]1(C(=O)O)CC[C@H](NC(=O)c2cc3cc(Cl)ccc3[nH]2)[C@@H](NC(=O)OC(C)(C)C)C1. The molecule has 4 N–H and O–H groups in total. The zero-order valence-corrected chi connectivity index (χ0v) is 19.5. The molecule has 174 valence electrons. The van der Waals surface area contributed by atoms with E-state index in [9.17, 15) is 19.5 Å². The van der Waals surface area contributed by atoms with Crippen LogP contribution in [-0.2, 0) is 9.53 Å². The van der Waals surface area contributed by atoms with E-state index < -0.39 is 35.2 Å². The summed E-state index contributed by atoms with van der Waals surface area (Å²) in [6.07, 6.45) is 0.805. The van der Waals surface area contributed by atoms with Crippen LogP contribution < -0.4 is 10.6 Å². The fourth-order valence-electron chi connectivity index (χ4n) is 4.22. The molecule has 0 aliphatic heterocycles. The molecule has 0 bridgehead atoms. The van der Waals surface area contributed by atoms with Gasteiger partial charge in [-0.05, 0) is 70.7 Å². The Bertz CT molecular complexity index is 1030. The number of aliphatic carboxylic acids is 1. The second-order valence-electron chi connectivity index (χ2n) is 9.43. The lowest BCUT2D eigenvalue weighted by Gasteiger charge is -2.42. The van der Waals surface area contributed by atoms with Gasteiger partial charge in [0.2, 0.25) is 0 Å². The molecule has 8 nitrogen and oxygen atoms in total. The largest absolute Gasteiger partial charge is 0.481 e. The molecule has 32 heavy (non-hydrogen) atoms. The molecule has 3 rings (SSSR count). The summed E-state index contributed by atoms with van der Waals surface area (Å²) in [5.41, 5.74) is -0.511. The van der Waals surface area contributed by atoms with Crippen molar-refractivity contribution in [1.29, 1.82) is 0 Å². The van der Waals surface area contributed by atoms with Gasteiger partial charge in [0.1, 0.15) is 11.3 Å². The molecule has 2 aromatic rings. The molecule has 1 aromatic carbocycles.